The first-order chi connectivity index (χ1) is 10.8. The van der Waals surface area contributed by atoms with Gasteiger partial charge in [0.05, 0.1) is 23.7 Å². The summed E-state index contributed by atoms with van der Waals surface area (Å²) in [5, 5.41) is 8.92. The Kier molecular flexibility index (Phi) is 4.20. The smallest absolute Gasteiger partial charge is 0.0942 e. The summed E-state index contributed by atoms with van der Waals surface area (Å²) < 4.78 is 2.06. The monoisotopic (exact) mass is 289 g/mol. The Bertz CT molecular complexity index is 824. The summed E-state index contributed by atoms with van der Waals surface area (Å²) >= 11 is 0. The molecule has 0 fully saturated rings. The molecular weight excluding hydrogens is 270 g/mol. The molecule has 0 aliphatic carbocycles. The van der Waals surface area contributed by atoms with Crippen LogP contribution in [-0.4, -0.2) is 9.38 Å². The summed E-state index contributed by atoms with van der Waals surface area (Å²) in [5.41, 5.74) is 5.53. The van der Waals surface area contributed by atoms with Crippen molar-refractivity contribution >= 4 is 5.52 Å². The molecule has 3 aromatic rings. The maximum absolute atomic E-state index is 8.92. The molecule has 0 N–H and O–H groups in total. The van der Waals surface area contributed by atoms with E-state index in [-0.39, 0.29) is 0 Å². The number of hydrogen-bond donors (Lipinski definition) is 0. The van der Waals surface area contributed by atoms with Crippen LogP contribution in [-0.2, 0) is 12.8 Å². The number of aryl methyl sites for hydroxylation is 1. The second-order valence-corrected chi connectivity index (χ2v) is 5.49. The van der Waals surface area contributed by atoms with Crippen molar-refractivity contribution in [1.82, 2.24) is 9.38 Å². The van der Waals surface area contributed by atoms with E-state index in [4.69, 9.17) is 5.26 Å². The van der Waals surface area contributed by atoms with Gasteiger partial charge in [0.25, 0.3) is 0 Å². The number of nitrogens with zero attached hydrogens (tertiary/aromatic N) is 3. The first-order valence-corrected chi connectivity index (χ1v) is 7.74. The van der Waals surface area contributed by atoms with E-state index in [0.29, 0.717) is 6.42 Å². The molecule has 3 rings (SSSR count). The molecule has 0 radical (unpaired) electrons. The van der Waals surface area contributed by atoms with Gasteiger partial charge in [-0.05, 0) is 36.6 Å². The van der Waals surface area contributed by atoms with Crippen LogP contribution in [0.3, 0.4) is 0 Å². The fraction of sp³-hybridized carbons (Fsp3) is 0.263. The lowest BCUT2D eigenvalue weighted by Gasteiger charge is -2.07. The van der Waals surface area contributed by atoms with Crippen LogP contribution in [0.25, 0.3) is 16.8 Å². The van der Waals surface area contributed by atoms with Gasteiger partial charge in [0, 0.05) is 23.7 Å². The minimum Gasteiger partial charge on any atom is -0.316 e. The Morgan fingerprint density at radius 2 is 2.14 bits per heavy atom. The Labute approximate surface area is 130 Å². The predicted octanol–water partition coefficient (Wildman–Crippen LogP) is 4.41. The van der Waals surface area contributed by atoms with Gasteiger partial charge in [-0.1, -0.05) is 31.5 Å². The second-order valence-electron chi connectivity index (χ2n) is 5.49. The minimum absolute atomic E-state index is 0.411. The minimum atomic E-state index is 0.411. The molecule has 0 saturated heterocycles. The largest absolute Gasteiger partial charge is 0.316 e. The van der Waals surface area contributed by atoms with Gasteiger partial charge in [-0.25, -0.2) is 0 Å². The van der Waals surface area contributed by atoms with Crippen molar-refractivity contribution in [3.63, 3.8) is 0 Å². The first-order valence-electron chi connectivity index (χ1n) is 7.74. The van der Waals surface area contributed by atoms with E-state index < -0.39 is 0 Å². The maximum atomic E-state index is 8.92. The van der Waals surface area contributed by atoms with Crippen molar-refractivity contribution in [1.29, 1.82) is 5.26 Å². The van der Waals surface area contributed by atoms with Crippen molar-refractivity contribution in [2.24, 2.45) is 0 Å². The lowest BCUT2D eigenvalue weighted by atomic mass is 10.0. The zero-order valence-electron chi connectivity index (χ0n) is 12.8. The summed E-state index contributed by atoms with van der Waals surface area (Å²) in [6.45, 7) is 2.21. The highest BCUT2D eigenvalue weighted by molar-refractivity contribution is 5.77. The van der Waals surface area contributed by atoms with Crippen LogP contribution < -0.4 is 0 Å². The molecule has 0 amide bonds. The topological polar surface area (TPSA) is 41.1 Å². The lowest BCUT2D eigenvalue weighted by Crippen LogP contribution is -1.95. The molecule has 1 aromatic carbocycles. The van der Waals surface area contributed by atoms with Gasteiger partial charge in [0.15, 0.2) is 0 Å². The molecule has 3 nitrogen and oxygen atoms in total. The molecule has 0 aliphatic rings. The highest BCUT2D eigenvalue weighted by Gasteiger charge is 2.09. The summed E-state index contributed by atoms with van der Waals surface area (Å²) in [6.07, 6.45) is 7.66. The second kappa shape index (κ2) is 6.44. The average Bonchev–Trinajstić information content (AvgIpc) is 2.97. The summed E-state index contributed by atoms with van der Waals surface area (Å²) in [5.74, 6) is 0. The Morgan fingerprint density at radius 3 is 2.95 bits per heavy atom. The molecule has 110 valence electrons. The van der Waals surface area contributed by atoms with Crippen molar-refractivity contribution in [2.75, 3.05) is 0 Å². The fourth-order valence-corrected chi connectivity index (χ4v) is 2.80. The Balaban J connectivity index is 2.05. The molecule has 0 atom stereocenters. The number of unbranched alkanes of at least 4 members (excludes halogenated alkanes) is 1. The van der Waals surface area contributed by atoms with Crippen LogP contribution in [0.2, 0.25) is 0 Å². The maximum Gasteiger partial charge on any atom is 0.0942 e. The molecular formula is C19H19N3. The van der Waals surface area contributed by atoms with Gasteiger partial charge >= 0.3 is 0 Å². The van der Waals surface area contributed by atoms with E-state index in [9.17, 15) is 0 Å². The predicted molar refractivity (Wildman–Crippen MR) is 88.6 cm³/mol. The third-order valence-corrected chi connectivity index (χ3v) is 3.94. The molecule has 0 bridgehead atoms. The Morgan fingerprint density at radius 1 is 1.23 bits per heavy atom. The normalized spacial score (nSPS) is 10.7. The van der Waals surface area contributed by atoms with Crippen LogP contribution in [0, 0.1) is 11.3 Å². The number of nitriles is 1. The van der Waals surface area contributed by atoms with Crippen LogP contribution in [0.5, 0.6) is 0 Å². The van der Waals surface area contributed by atoms with Gasteiger partial charge < -0.3 is 4.40 Å². The van der Waals surface area contributed by atoms with E-state index in [1.165, 1.54) is 18.4 Å². The van der Waals surface area contributed by atoms with Gasteiger partial charge in [0.1, 0.15) is 0 Å². The van der Waals surface area contributed by atoms with Crippen molar-refractivity contribution in [2.45, 2.75) is 32.6 Å². The van der Waals surface area contributed by atoms with Crippen LogP contribution >= 0.6 is 0 Å². The standard InChI is InChI=1S/C19H19N3/c1-2-3-5-15-6-4-7-16(14-15)19-18-9-8-17(10-11-20)22(18)13-12-21-19/h4,6-9,12-14H,2-3,5,10H2,1H3. The number of rotatable bonds is 5. The Hall–Kier alpha value is -2.60. The summed E-state index contributed by atoms with van der Waals surface area (Å²) in [7, 11) is 0. The molecule has 0 spiro atoms. The SMILES string of the molecule is CCCCc1cccc(-c2nccn3c(CC#N)ccc23)c1. The summed E-state index contributed by atoms with van der Waals surface area (Å²) in [6, 6.07) is 14.9. The van der Waals surface area contributed by atoms with Crippen LogP contribution in [0.15, 0.2) is 48.8 Å². The average molecular weight is 289 g/mol. The number of fused-ring (bicyclic) bond motifs is 1. The van der Waals surface area contributed by atoms with E-state index in [0.717, 1.165) is 28.9 Å². The van der Waals surface area contributed by atoms with Crippen molar-refractivity contribution in [3.8, 4) is 17.3 Å². The molecule has 0 unspecified atom stereocenters. The van der Waals surface area contributed by atoms with E-state index in [1.807, 2.05) is 24.5 Å². The van der Waals surface area contributed by atoms with Crippen molar-refractivity contribution < 1.29 is 0 Å². The fourth-order valence-electron chi connectivity index (χ4n) is 2.80. The zero-order valence-corrected chi connectivity index (χ0v) is 12.8. The molecule has 22 heavy (non-hydrogen) atoms. The third kappa shape index (κ3) is 2.73. The van der Waals surface area contributed by atoms with E-state index in [2.05, 4.69) is 46.6 Å². The van der Waals surface area contributed by atoms with Gasteiger partial charge in [-0.15, -0.1) is 0 Å². The number of benzene rings is 1. The van der Waals surface area contributed by atoms with Gasteiger partial charge in [-0.2, -0.15) is 5.26 Å². The lowest BCUT2D eigenvalue weighted by molar-refractivity contribution is 0.795. The van der Waals surface area contributed by atoms with E-state index in [1.54, 1.807) is 0 Å². The number of aromatic nitrogens is 2. The molecule has 0 saturated carbocycles. The van der Waals surface area contributed by atoms with Crippen molar-refractivity contribution in [3.05, 3.63) is 60.0 Å². The first kappa shape index (κ1) is 14.3. The third-order valence-electron chi connectivity index (χ3n) is 3.94. The highest BCUT2D eigenvalue weighted by atomic mass is 14.9. The van der Waals surface area contributed by atoms with E-state index >= 15 is 0 Å². The molecule has 2 heterocycles. The molecule has 3 heteroatoms. The highest BCUT2D eigenvalue weighted by Crippen LogP contribution is 2.25. The quantitative estimate of drug-likeness (QED) is 0.698. The van der Waals surface area contributed by atoms with Crippen LogP contribution in [0.4, 0.5) is 0 Å². The number of hydrogen-bond acceptors (Lipinski definition) is 2. The van der Waals surface area contributed by atoms with Gasteiger partial charge in [0.2, 0.25) is 0 Å². The van der Waals surface area contributed by atoms with Gasteiger partial charge in [-0.3, -0.25) is 4.98 Å². The molecule has 0 aliphatic heterocycles. The molecule has 2 aromatic heterocycles. The zero-order chi connectivity index (χ0) is 15.4. The summed E-state index contributed by atoms with van der Waals surface area (Å²) in [4.78, 5) is 4.57. The van der Waals surface area contributed by atoms with Crippen LogP contribution in [0.1, 0.15) is 31.0 Å².